The molecule has 0 aliphatic carbocycles. The van der Waals surface area contributed by atoms with E-state index in [1.54, 1.807) is 12.1 Å². The van der Waals surface area contributed by atoms with Gasteiger partial charge in [-0.3, -0.25) is 19.9 Å². The van der Waals surface area contributed by atoms with Crippen LogP contribution in [0.4, 0.5) is 5.69 Å². The van der Waals surface area contributed by atoms with Crippen molar-refractivity contribution in [3.05, 3.63) is 125 Å². The molecule has 15 heteroatoms. The molecule has 49 heavy (non-hydrogen) atoms. The molecule has 0 aromatic heterocycles. The van der Waals surface area contributed by atoms with Crippen LogP contribution in [0.2, 0.25) is 0 Å². The fourth-order valence-electron chi connectivity index (χ4n) is 5.09. The smallest absolute Gasteiger partial charge is 0.549 e. The summed E-state index contributed by atoms with van der Waals surface area (Å²) in [4.78, 5) is 54.3. The van der Waals surface area contributed by atoms with Crippen molar-refractivity contribution < 1.29 is 61.3 Å². The van der Waals surface area contributed by atoms with E-state index in [1.165, 1.54) is 15.9 Å². The molecule has 0 saturated heterocycles. The van der Waals surface area contributed by atoms with E-state index in [-0.39, 0.29) is 40.5 Å². The number of aliphatic carboxylic acids is 4. The Morgan fingerprint density at radius 3 is 1.00 bits per heavy atom. The van der Waals surface area contributed by atoms with Crippen LogP contribution in [0.1, 0.15) is 0 Å². The zero-order valence-corrected chi connectivity index (χ0v) is 27.9. The number of carboxylic acid groups (broad SMARTS) is 4. The van der Waals surface area contributed by atoms with Gasteiger partial charge in [0.25, 0.3) is 5.69 Å². The Hall–Kier alpha value is -4.98. The number of non-ortho nitro benzene ring substituents is 1. The zero-order valence-electron chi connectivity index (χ0n) is 25.9. The van der Waals surface area contributed by atoms with E-state index in [2.05, 4.69) is 72.8 Å². The monoisotopic (exact) mass is 731 g/mol. The summed E-state index contributed by atoms with van der Waals surface area (Å²) < 4.78 is 0. The Labute approximate surface area is 293 Å². The van der Waals surface area contributed by atoms with E-state index in [4.69, 9.17) is 0 Å². The number of carbonyl (C=O) groups is 4. The summed E-state index contributed by atoms with van der Waals surface area (Å²) in [6.45, 7) is -3.25. The van der Waals surface area contributed by atoms with Crippen LogP contribution in [-0.2, 0) is 36.0 Å². The molecule has 0 aliphatic rings. The van der Waals surface area contributed by atoms with E-state index >= 15 is 0 Å². The summed E-state index contributed by atoms with van der Waals surface area (Å²) in [5.74, 6) is -6.12. The summed E-state index contributed by atoms with van der Waals surface area (Å²) in [5, 5.41) is 57.6. The van der Waals surface area contributed by atoms with Gasteiger partial charge in [-0.1, -0.05) is 54.6 Å². The SMILES string of the molecule is O=C([O-])CN(CCN(CC(=O)[O-])CC(=O)[O-])CC(=O)[O-].O=[N+]([O-])c1ccc([P+](c2ccccc2)(c2ccccc2)c2ccccc2)cc1.[Co+3]. The van der Waals surface area contributed by atoms with Crippen LogP contribution in [0, 0.1) is 10.1 Å². The summed E-state index contributed by atoms with van der Waals surface area (Å²) >= 11 is 0. The first-order valence-corrected chi connectivity index (χ1v) is 16.3. The first-order valence-electron chi connectivity index (χ1n) is 14.5. The number of carboxylic acids is 4. The largest absolute Gasteiger partial charge is 3.00 e. The molecule has 0 aliphatic heterocycles. The minimum Gasteiger partial charge on any atom is -0.549 e. The maximum atomic E-state index is 11.2. The van der Waals surface area contributed by atoms with Crippen molar-refractivity contribution in [2.75, 3.05) is 39.3 Å². The van der Waals surface area contributed by atoms with Crippen molar-refractivity contribution in [3.8, 4) is 0 Å². The van der Waals surface area contributed by atoms with Gasteiger partial charge in [-0.05, 0) is 48.5 Å². The van der Waals surface area contributed by atoms with E-state index in [9.17, 15) is 49.7 Å². The molecule has 0 bridgehead atoms. The van der Waals surface area contributed by atoms with Crippen LogP contribution in [0.25, 0.3) is 0 Å². The zero-order chi connectivity index (χ0) is 35.1. The van der Waals surface area contributed by atoms with E-state index in [0.29, 0.717) is 0 Å². The summed E-state index contributed by atoms with van der Waals surface area (Å²) in [7, 11) is -2.18. The Morgan fingerprint density at radius 2 is 0.755 bits per heavy atom. The van der Waals surface area contributed by atoms with Gasteiger partial charge < -0.3 is 39.6 Å². The van der Waals surface area contributed by atoms with E-state index in [0.717, 1.165) is 15.1 Å². The predicted molar refractivity (Wildman–Crippen MR) is 171 cm³/mol. The molecule has 0 heterocycles. The topological polar surface area (TPSA) is 210 Å². The summed E-state index contributed by atoms with van der Waals surface area (Å²) in [6.07, 6.45) is 0. The molecule has 0 radical (unpaired) electrons. The minimum absolute atomic E-state index is 0. The molecule has 0 unspecified atom stereocenters. The van der Waals surface area contributed by atoms with Gasteiger partial charge in [-0.2, -0.15) is 0 Å². The van der Waals surface area contributed by atoms with Gasteiger partial charge in [-0.25, -0.2) is 0 Å². The third-order valence-corrected chi connectivity index (χ3v) is 11.3. The number of nitro benzene ring substituents is 1. The average Bonchev–Trinajstić information content (AvgIpc) is 3.05. The molecule has 0 spiro atoms. The average molecular weight is 732 g/mol. The van der Waals surface area contributed by atoms with Gasteiger partial charge in [0.05, 0.1) is 28.8 Å². The molecule has 0 fully saturated rings. The van der Waals surface area contributed by atoms with Crippen LogP contribution < -0.4 is 41.6 Å². The maximum absolute atomic E-state index is 11.2. The molecule has 0 atom stereocenters. The molecular weight excluding hydrogens is 700 g/mol. The number of nitrogens with zero attached hydrogens (tertiary/aromatic N) is 3. The molecule has 4 aromatic rings. The fraction of sp³-hybridized carbons (Fsp3) is 0.176. The summed E-state index contributed by atoms with van der Waals surface area (Å²) in [6, 6.07) is 38.4. The van der Waals surface area contributed by atoms with E-state index < -0.39 is 57.3 Å². The van der Waals surface area contributed by atoms with Gasteiger partial charge in [0.1, 0.15) is 28.5 Å². The molecular formula is C34H31CoN3O10P. The number of carbonyl (C=O) groups excluding carboxylic acids is 4. The molecule has 0 saturated carbocycles. The van der Waals surface area contributed by atoms with Crippen molar-refractivity contribution in [3.63, 3.8) is 0 Å². The number of hydrogen-bond acceptors (Lipinski definition) is 12. The van der Waals surface area contributed by atoms with Crippen molar-refractivity contribution in [1.82, 2.24) is 9.80 Å². The van der Waals surface area contributed by atoms with Crippen LogP contribution in [0.3, 0.4) is 0 Å². The number of rotatable bonds is 16. The number of benzene rings is 4. The standard InChI is InChI=1S/C24H19NO2P.C10H16N2O8.Co/c26-25(27)20-16-18-24(19-17-20)28(21-10-4-1-5-11-21,22-12-6-2-7-13-22)23-14-8-3-9-15-23;13-7(14)3-11(4-8(15)16)1-2-12(5-9(17)18)6-10(19)20;/h1-19H;1-6H2,(H,13,14)(H,15,16)(H,17,18)(H,19,20);/q+1;;+3/p-4. The molecule has 0 amide bonds. The number of nitro groups is 1. The maximum Gasteiger partial charge on any atom is 3.00 e. The minimum atomic E-state index is -2.18. The summed E-state index contributed by atoms with van der Waals surface area (Å²) in [5.41, 5.74) is 0.107. The third-order valence-electron chi connectivity index (χ3n) is 7.02. The second-order valence-corrected chi connectivity index (χ2v) is 13.8. The normalized spacial score (nSPS) is 10.7. The van der Waals surface area contributed by atoms with Gasteiger partial charge in [0, 0.05) is 51.4 Å². The Bertz CT molecular complexity index is 1520. The molecule has 0 N–H and O–H groups in total. The third kappa shape index (κ3) is 11.9. The first-order chi connectivity index (χ1) is 22.9. The van der Waals surface area contributed by atoms with Crippen LogP contribution in [0.15, 0.2) is 115 Å². The molecule has 4 rings (SSSR count). The predicted octanol–water partition coefficient (Wildman–Crippen LogP) is -3.20. The molecule has 256 valence electrons. The van der Waals surface area contributed by atoms with Gasteiger partial charge in [-0.15, -0.1) is 0 Å². The van der Waals surface area contributed by atoms with Crippen molar-refractivity contribution in [1.29, 1.82) is 0 Å². The van der Waals surface area contributed by atoms with Crippen molar-refractivity contribution >= 4 is 58.0 Å². The van der Waals surface area contributed by atoms with Crippen LogP contribution in [-0.4, -0.2) is 77.9 Å². The van der Waals surface area contributed by atoms with Gasteiger partial charge in [0.15, 0.2) is 0 Å². The molecule has 4 aromatic carbocycles. The van der Waals surface area contributed by atoms with Gasteiger partial charge >= 0.3 is 16.8 Å². The second kappa shape index (κ2) is 19.7. The van der Waals surface area contributed by atoms with E-state index in [1.807, 2.05) is 30.3 Å². The number of hydrogen-bond donors (Lipinski definition) is 0. The first kappa shape index (κ1) is 40.2. The molecule has 13 nitrogen and oxygen atoms in total. The van der Waals surface area contributed by atoms with Crippen LogP contribution >= 0.6 is 7.26 Å². The Balaban J connectivity index is 0.000000355. The van der Waals surface area contributed by atoms with Crippen molar-refractivity contribution in [2.45, 2.75) is 0 Å². The fourth-order valence-corrected chi connectivity index (χ4v) is 9.33. The Morgan fingerprint density at radius 1 is 0.490 bits per heavy atom. The Kier molecular flexibility index (Phi) is 16.2. The second-order valence-electron chi connectivity index (χ2n) is 10.4. The van der Waals surface area contributed by atoms with Crippen molar-refractivity contribution in [2.24, 2.45) is 0 Å². The quantitative estimate of drug-likeness (QED) is 0.0634. The van der Waals surface area contributed by atoms with Gasteiger partial charge in [0.2, 0.25) is 0 Å². The van der Waals surface area contributed by atoms with Crippen LogP contribution in [0.5, 0.6) is 0 Å².